The average Bonchev–Trinajstić information content (AvgIpc) is 2.84. The van der Waals surface area contributed by atoms with Gasteiger partial charge in [0.05, 0.1) is 6.54 Å². The third-order valence-corrected chi connectivity index (χ3v) is 2.78. The van der Waals surface area contributed by atoms with Crippen LogP contribution in [0.5, 0.6) is 0 Å². The molecule has 0 bridgehead atoms. The van der Waals surface area contributed by atoms with Crippen LogP contribution >= 0.6 is 0 Å². The van der Waals surface area contributed by atoms with E-state index in [0.29, 0.717) is 10.3 Å². The van der Waals surface area contributed by atoms with E-state index in [9.17, 15) is 17.6 Å². The predicted octanol–water partition coefficient (Wildman–Crippen LogP) is 4.00. The van der Waals surface area contributed by atoms with E-state index in [2.05, 4.69) is 10.3 Å². The van der Waals surface area contributed by atoms with Crippen LogP contribution in [0, 0.1) is 0 Å². The van der Waals surface area contributed by atoms with Gasteiger partial charge in [-0.1, -0.05) is 12.1 Å². The molecular weight excluding hydrogens is 274 g/mol. The molecule has 0 aliphatic rings. The molecule has 7 heteroatoms. The smallest absolute Gasteiger partial charge is 0.319 e. The summed E-state index contributed by atoms with van der Waals surface area (Å²) in [5.41, 5.74) is 0.285. The lowest BCUT2D eigenvalue weighted by Crippen LogP contribution is -2.10. The second-order valence-corrected chi connectivity index (χ2v) is 4.35. The Kier molecular flexibility index (Phi) is 3.96. The molecule has 0 aliphatic heterocycles. The Balaban J connectivity index is 2.09. The molecule has 3 nitrogen and oxygen atoms in total. The van der Waals surface area contributed by atoms with Crippen LogP contribution in [0.2, 0.25) is 0 Å². The minimum atomic E-state index is -2.95. The molecule has 20 heavy (non-hydrogen) atoms. The van der Waals surface area contributed by atoms with Gasteiger partial charge < -0.3 is 5.32 Å². The SMILES string of the molecule is CC(F)(F)c1cccc(NCc2nccn2C(F)F)c1. The summed E-state index contributed by atoms with van der Waals surface area (Å²) in [5, 5.41) is 2.80. The average molecular weight is 287 g/mol. The number of alkyl halides is 4. The second kappa shape index (κ2) is 5.52. The molecule has 0 aliphatic carbocycles. The number of benzene rings is 1. The summed E-state index contributed by atoms with van der Waals surface area (Å²) < 4.78 is 52.3. The largest absolute Gasteiger partial charge is 0.378 e. The van der Waals surface area contributed by atoms with Crippen LogP contribution in [0.15, 0.2) is 36.7 Å². The van der Waals surface area contributed by atoms with Crippen LogP contribution in [-0.4, -0.2) is 9.55 Å². The highest BCUT2D eigenvalue weighted by molar-refractivity contribution is 5.46. The first kappa shape index (κ1) is 14.4. The fourth-order valence-electron chi connectivity index (χ4n) is 1.74. The van der Waals surface area contributed by atoms with Crippen molar-refractivity contribution < 1.29 is 17.6 Å². The van der Waals surface area contributed by atoms with Crippen molar-refractivity contribution in [3.05, 3.63) is 48.0 Å². The maximum absolute atomic E-state index is 13.2. The molecular formula is C13H13F4N3. The van der Waals surface area contributed by atoms with Gasteiger partial charge in [0.1, 0.15) is 5.82 Å². The Labute approximate surface area is 113 Å². The minimum absolute atomic E-state index is 0.0239. The first-order valence-electron chi connectivity index (χ1n) is 5.90. The van der Waals surface area contributed by atoms with Gasteiger partial charge in [-0.2, -0.15) is 8.78 Å². The first-order valence-corrected chi connectivity index (χ1v) is 5.90. The molecule has 1 aromatic carbocycles. The third-order valence-electron chi connectivity index (χ3n) is 2.78. The molecule has 0 fully saturated rings. The van der Waals surface area contributed by atoms with Crippen LogP contribution in [-0.2, 0) is 12.5 Å². The van der Waals surface area contributed by atoms with Crippen molar-refractivity contribution in [1.29, 1.82) is 0 Å². The van der Waals surface area contributed by atoms with Gasteiger partial charge in [-0.3, -0.25) is 4.57 Å². The van der Waals surface area contributed by atoms with Gasteiger partial charge in [0.25, 0.3) is 5.92 Å². The van der Waals surface area contributed by atoms with Gasteiger partial charge in [-0.15, -0.1) is 0 Å². The van der Waals surface area contributed by atoms with Crippen LogP contribution in [0.4, 0.5) is 23.2 Å². The molecule has 0 radical (unpaired) electrons. The van der Waals surface area contributed by atoms with Gasteiger partial charge in [-0.25, -0.2) is 13.8 Å². The number of nitrogens with one attached hydrogen (secondary N) is 1. The molecule has 108 valence electrons. The van der Waals surface area contributed by atoms with E-state index in [4.69, 9.17) is 0 Å². The molecule has 2 aromatic rings. The zero-order valence-electron chi connectivity index (χ0n) is 10.7. The van der Waals surface area contributed by atoms with Crippen LogP contribution in [0.1, 0.15) is 24.9 Å². The molecule has 0 atom stereocenters. The third kappa shape index (κ3) is 3.28. The number of halogens is 4. The zero-order valence-corrected chi connectivity index (χ0v) is 10.7. The Hall–Kier alpha value is -2.05. The number of imidazole rings is 1. The van der Waals surface area contributed by atoms with Crippen molar-refractivity contribution in [3.8, 4) is 0 Å². The van der Waals surface area contributed by atoms with Gasteiger partial charge in [0.2, 0.25) is 0 Å². The monoisotopic (exact) mass is 287 g/mol. The van der Waals surface area contributed by atoms with Crippen molar-refractivity contribution in [1.82, 2.24) is 9.55 Å². The van der Waals surface area contributed by atoms with E-state index in [0.717, 1.165) is 13.1 Å². The molecule has 1 heterocycles. The molecule has 1 aromatic heterocycles. The summed E-state index contributed by atoms with van der Waals surface area (Å²) in [7, 11) is 0. The summed E-state index contributed by atoms with van der Waals surface area (Å²) in [6.45, 7) is -1.85. The molecule has 0 saturated carbocycles. The molecule has 0 unspecified atom stereocenters. The van der Waals surface area contributed by atoms with Gasteiger partial charge in [-0.05, 0) is 12.1 Å². The van der Waals surface area contributed by atoms with Crippen molar-refractivity contribution in [2.45, 2.75) is 25.9 Å². The summed E-state index contributed by atoms with van der Waals surface area (Å²) in [6.07, 6.45) is 2.43. The highest BCUT2D eigenvalue weighted by atomic mass is 19.3. The lowest BCUT2D eigenvalue weighted by molar-refractivity contribution is 0.0175. The highest BCUT2D eigenvalue weighted by Crippen LogP contribution is 2.28. The summed E-state index contributed by atoms with van der Waals surface area (Å²) in [6, 6.07) is 5.67. The molecule has 0 saturated heterocycles. The summed E-state index contributed by atoms with van der Waals surface area (Å²) >= 11 is 0. The Bertz CT molecular complexity index is 575. The van der Waals surface area contributed by atoms with E-state index in [1.54, 1.807) is 6.07 Å². The molecule has 0 spiro atoms. The maximum Gasteiger partial charge on any atom is 0.319 e. The Morgan fingerprint density at radius 1 is 1.35 bits per heavy atom. The fraction of sp³-hybridized carbons (Fsp3) is 0.308. The van der Waals surface area contributed by atoms with E-state index >= 15 is 0 Å². The fourth-order valence-corrected chi connectivity index (χ4v) is 1.74. The van der Waals surface area contributed by atoms with E-state index < -0.39 is 12.5 Å². The van der Waals surface area contributed by atoms with Crippen LogP contribution in [0.25, 0.3) is 0 Å². The number of anilines is 1. The lowest BCUT2D eigenvalue weighted by atomic mass is 10.1. The van der Waals surface area contributed by atoms with Crippen molar-refractivity contribution in [3.63, 3.8) is 0 Å². The minimum Gasteiger partial charge on any atom is -0.378 e. The van der Waals surface area contributed by atoms with Gasteiger partial charge in [0, 0.05) is 30.6 Å². The standard InChI is InChI=1S/C13H13F4N3/c1-13(16,17)9-3-2-4-10(7-9)19-8-11-18-5-6-20(11)12(14)15/h2-7,12,19H,8H2,1H3. The first-order chi connectivity index (χ1) is 9.38. The number of hydrogen-bond donors (Lipinski definition) is 1. The van der Waals surface area contributed by atoms with Gasteiger partial charge >= 0.3 is 6.55 Å². The number of hydrogen-bond acceptors (Lipinski definition) is 2. The number of aromatic nitrogens is 2. The van der Waals surface area contributed by atoms with E-state index in [1.165, 1.54) is 24.4 Å². The summed E-state index contributed by atoms with van der Waals surface area (Å²) in [5.74, 6) is -2.81. The van der Waals surface area contributed by atoms with Crippen molar-refractivity contribution >= 4 is 5.69 Å². The highest BCUT2D eigenvalue weighted by Gasteiger charge is 2.24. The van der Waals surface area contributed by atoms with Crippen molar-refractivity contribution in [2.75, 3.05) is 5.32 Å². The second-order valence-electron chi connectivity index (χ2n) is 4.35. The number of nitrogens with zero attached hydrogens (tertiary/aromatic N) is 2. The van der Waals surface area contributed by atoms with Crippen LogP contribution < -0.4 is 5.32 Å². The lowest BCUT2D eigenvalue weighted by Gasteiger charge is -2.13. The topological polar surface area (TPSA) is 29.9 Å². The van der Waals surface area contributed by atoms with Gasteiger partial charge in [0.15, 0.2) is 0 Å². The van der Waals surface area contributed by atoms with E-state index in [-0.39, 0.29) is 17.9 Å². The summed E-state index contributed by atoms with van der Waals surface area (Å²) in [4.78, 5) is 3.80. The normalized spacial score (nSPS) is 11.9. The van der Waals surface area contributed by atoms with Crippen LogP contribution in [0.3, 0.4) is 0 Å². The predicted molar refractivity (Wildman–Crippen MR) is 66.8 cm³/mol. The zero-order chi connectivity index (χ0) is 14.8. The quantitative estimate of drug-likeness (QED) is 0.842. The molecule has 2 rings (SSSR count). The molecule has 1 N–H and O–H groups in total. The molecule has 0 amide bonds. The Morgan fingerprint density at radius 3 is 2.75 bits per heavy atom. The van der Waals surface area contributed by atoms with Crippen molar-refractivity contribution in [2.24, 2.45) is 0 Å². The van der Waals surface area contributed by atoms with E-state index in [1.807, 2.05) is 0 Å². The number of rotatable bonds is 5. The maximum atomic E-state index is 13.2. The Morgan fingerprint density at radius 2 is 2.10 bits per heavy atom.